The Kier molecular flexibility index (Phi) is 6.45. The lowest BCUT2D eigenvalue weighted by Gasteiger charge is -2.35. The largest absolute Gasteiger partial charge is 0.461 e. The van der Waals surface area contributed by atoms with Gasteiger partial charge < -0.3 is 14.4 Å². The molecule has 0 N–H and O–H groups in total. The van der Waals surface area contributed by atoms with E-state index < -0.39 is 12.0 Å². The quantitative estimate of drug-likeness (QED) is 0.715. The lowest BCUT2D eigenvalue weighted by molar-refractivity contribution is -0.136. The summed E-state index contributed by atoms with van der Waals surface area (Å²) in [5, 5.41) is 6.08. The number of hydrogen-bond acceptors (Lipinski definition) is 6. The average molecular weight is 373 g/mol. The molecule has 0 bridgehead atoms. The maximum Gasteiger partial charge on any atom is 0.354 e. The number of nitrogens with zero attached hydrogens (tertiary/aromatic N) is 3. The molecular weight excluding hydrogens is 346 g/mol. The fourth-order valence-electron chi connectivity index (χ4n) is 3.58. The molecular formula is C20H27N3O4. The minimum Gasteiger partial charge on any atom is -0.461 e. The van der Waals surface area contributed by atoms with Crippen molar-refractivity contribution in [3.05, 3.63) is 30.3 Å². The fourth-order valence-corrected chi connectivity index (χ4v) is 3.58. The van der Waals surface area contributed by atoms with Gasteiger partial charge >= 0.3 is 5.97 Å². The molecule has 1 aromatic rings. The third-order valence-corrected chi connectivity index (χ3v) is 4.82. The molecule has 146 valence electrons. The zero-order valence-corrected chi connectivity index (χ0v) is 16.0. The van der Waals surface area contributed by atoms with E-state index in [-0.39, 0.29) is 30.8 Å². The molecule has 0 aromatic heterocycles. The van der Waals surface area contributed by atoms with Crippen molar-refractivity contribution in [2.45, 2.75) is 45.3 Å². The molecule has 2 aliphatic rings. The van der Waals surface area contributed by atoms with E-state index in [9.17, 15) is 9.59 Å². The molecule has 1 amide bonds. The molecule has 27 heavy (non-hydrogen) atoms. The van der Waals surface area contributed by atoms with E-state index >= 15 is 0 Å². The number of piperidine rings is 1. The summed E-state index contributed by atoms with van der Waals surface area (Å²) in [6.45, 7) is 5.93. The van der Waals surface area contributed by atoms with Crippen LogP contribution in [0.4, 0.5) is 5.69 Å². The second kappa shape index (κ2) is 8.99. The van der Waals surface area contributed by atoms with Gasteiger partial charge in [-0.2, -0.15) is 5.10 Å². The van der Waals surface area contributed by atoms with Crippen molar-refractivity contribution < 1.29 is 19.1 Å². The van der Waals surface area contributed by atoms with Crippen LogP contribution in [0.5, 0.6) is 0 Å². The number of hydrogen-bond donors (Lipinski definition) is 0. The SMILES string of the molecule is CCOC(=O)C1=NN(c2ccccc2)C(C(=O)N2CCCC(OCC)C2)C1. The van der Waals surface area contributed by atoms with E-state index in [1.807, 2.05) is 42.2 Å². The summed E-state index contributed by atoms with van der Waals surface area (Å²) in [5.74, 6) is -0.481. The Morgan fingerprint density at radius 1 is 1.19 bits per heavy atom. The van der Waals surface area contributed by atoms with Crippen LogP contribution < -0.4 is 5.01 Å². The fraction of sp³-hybridized carbons (Fsp3) is 0.550. The lowest BCUT2D eigenvalue weighted by Crippen LogP contribution is -2.50. The number of hydrazone groups is 1. The van der Waals surface area contributed by atoms with E-state index in [1.54, 1.807) is 11.9 Å². The van der Waals surface area contributed by atoms with Gasteiger partial charge in [0.05, 0.1) is 18.4 Å². The van der Waals surface area contributed by atoms with Crippen LogP contribution in [0.1, 0.15) is 33.1 Å². The third-order valence-electron chi connectivity index (χ3n) is 4.82. The first-order valence-corrected chi connectivity index (χ1v) is 9.63. The highest BCUT2D eigenvalue weighted by molar-refractivity contribution is 6.38. The molecule has 1 aromatic carbocycles. The Morgan fingerprint density at radius 3 is 2.67 bits per heavy atom. The Morgan fingerprint density at radius 2 is 1.96 bits per heavy atom. The normalized spacial score (nSPS) is 22.5. The first-order valence-electron chi connectivity index (χ1n) is 9.63. The molecule has 0 aliphatic carbocycles. The zero-order chi connectivity index (χ0) is 19.2. The van der Waals surface area contributed by atoms with Gasteiger partial charge in [0.15, 0.2) is 0 Å². The van der Waals surface area contributed by atoms with E-state index in [0.29, 0.717) is 19.7 Å². The van der Waals surface area contributed by atoms with Gasteiger partial charge in [-0.15, -0.1) is 0 Å². The third kappa shape index (κ3) is 4.47. The van der Waals surface area contributed by atoms with Crippen LogP contribution in [0.2, 0.25) is 0 Å². The number of para-hydroxylation sites is 1. The first kappa shape index (κ1) is 19.4. The van der Waals surface area contributed by atoms with E-state index in [0.717, 1.165) is 18.5 Å². The summed E-state index contributed by atoms with van der Waals surface area (Å²) in [6.07, 6.45) is 2.21. The van der Waals surface area contributed by atoms with Crippen molar-refractivity contribution in [1.29, 1.82) is 0 Å². The monoisotopic (exact) mass is 373 g/mol. The Labute approximate surface area is 159 Å². The van der Waals surface area contributed by atoms with Crippen molar-refractivity contribution >= 4 is 23.3 Å². The Balaban J connectivity index is 1.79. The number of likely N-dealkylation sites (tertiary alicyclic amines) is 1. The van der Waals surface area contributed by atoms with Crippen LogP contribution in [0, 0.1) is 0 Å². The predicted molar refractivity (Wildman–Crippen MR) is 103 cm³/mol. The van der Waals surface area contributed by atoms with Crippen molar-refractivity contribution in [2.75, 3.05) is 31.3 Å². The van der Waals surface area contributed by atoms with Gasteiger partial charge in [-0.3, -0.25) is 9.80 Å². The Hall–Kier alpha value is -2.41. The van der Waals surface area contributed by atoms with Crippen molar-refractivity contribution in [3.63, 3.8) is 0 Å². The average Bonchev–Trinajstić information content (AvgIpc) is 3.14. The molecule has 2 atom stereocenters. The molecule has 1 saturated heterocycles. The number of esters is 1. The van der Waals surface area contributed by atoms with Crippen molar-refractivity contribution in [1.82, 2.24) is 4.90 Å². The van der Waals surface area contributed by atoms with E-state index in [4.69, 9.17) is 9.47 Å². The first-order chi connectivity index (χ1) is 13.1. The number of amides is 1. The number of benzene rings is 1. The van der Waals surface area contributed by atoms with Crippen LogP contribution in [0.3, 0.4) is 0 Å². The van der Waals surface area contributed by atoms with E-state index in [2.05, 4.69) is 5.10 Å². The van der Waals surface area contributed by atoms with Crippen LogP contribution >= 0.6 is 0 Å². The van der Waals surface area contributed by atoms with Crippen LogP contribution in [0.25, 0.3) is 0 Å². The Bertz CT molecular complexity index is 690. The molecule has 7 nitrogen and oxygen atoms in total. The molecule has 2 aliphatic heterocycles. The van der Waals surface area contributed by atoms with Gasteiger partial charge in [-0.05, 0) is 38.8 Å². The van der Waals surface area contributed by atoms with Crippen LogP contribution in [-0.2, 0) is 19.1 Å². The molecule has 0 spiro atoms. The topological polar surface area (TPSA) is 71.4 Å². The summed E-state index contributed by atoms with van der Waals surface area (Å²) in [6, 6.07) is 8.92. The van der Waals surface area contributed by atoms with Crippen LogP contribution in [-0.4, -0.2) is 60.9 Å². The highest BCUT2D eigenvalue weighted by Crippen LogP contribution is 2.27. The molecule has 2 unspecified atom stereocenters. The highest BCUT2D eigenvalue weighted by atomic mass is 16.5. The van der Waals surface area contributed by atoms with Gasteiger partial charge in [0.2, 0.25) is 5.91 Å². The summed E-state index contributed by atoms with van der Waals surface area (Å²) >= 11 is 0. The lowest BCUT2D eigenvalue weighted by atomic mass is 10.0. The minimum absolute atomic E-state index is 0.0219. The van der Waals surface area contributed by atoms with Gasteiger partial charge in [-0.25, -0.2) is 4.79 Å². The van der Waals surface area contributed by atoms with Crippen molar-refractivity contribution in [3.8, 4) is 0 Å². The number of rotatable bonds is 6. The summed E-state index contributed by atoms with van der Waals surface area (Å²) < 4.78 is 10.8. The molecule has 1 fully saturated rings. The summed E-state index contributed by atoms with van der Waals surface area (Å²) in [5.41, 5.74) is 1.07. The van der Waals surface area contributed by atoms with Gasteiger partial charge in [-0.1, -0.05) is 18.2 Å². The molecule has 3 rings (SSSR count). The standard InChI is InChI=1S/C20H27N3O4/c1-3-26-16-11-8-12-22(14-16)19(24)18-13-17(20(25)27-4-2)21-23(18)15-9-6-5-7-10-15/h5-7,9-10,16,18H,3-4,8,11-14H2,1-2H3. The highest BCUT2D eigenvalue weighted by Gasteiger charge is 2.40. The number of anilines is 1. The predicted octanol–water partition coefficient (Wildman–Crippen LogP) is 2.21. The summed E-state index contributed by atoms with van der Waals surface area (Å²) in [4.78, 5) is 27.3. The maximum atomic E-state index is 13.3. The van der Waals surface area contributed by atoms with Crippen molar-refractivity contribution in [2.24, 2.45) is 5.10 Å². The second-order valence-corrected chi connectivity index (χ2v) is 6.67. The smallest absolute Gasteiger partial charge is 0.354 e. The summed E-state index contributed by atoms with van der Waals surface area (Å²) in [7, 11) is 0. The molecule has 0 radical (unpaired) electrons. The molecule has 7 heteroatoms. The van der Waals surface area contributed by atoms with E-state index in [1.165, 1.54) is 0 Å². The molecule has 2 heterocycles. The maximum absolute atomic E-state index is 13.3. The number of ether oxygens (including phenoxy) is 2. The molecule has 0 saturated carbocycles. The number of carbonyl (C=O) groups is 2. The number of carbonyl (C=O) groups excluding carboxylic acids is 2. The zero-order valence-electron chi connectivity index (χ0n) is 16.0. The van der Waals surface area contributed by atoms with Gasteiger partial charge in [0.25, 0.3) is 0 Å². The van der Waals surface area contributed by atoms with Gasteiger partial charge in [0.1, 0.15) is 11.8 Å². The second-order valence-electron chi connectivity index (χ2n) is 6.67. The van der Waals surface area contributed by atoms with Gasteiger partial charge in [0, 0.05) is 26.1 Å². The minimum atomic E-state index is -0.535. The van der Waals surface area contributed by atoms with Crippen LogP contribution in [0.15, 0.2) is 35.4 Å².